The zero-order chi connectivity index (χ0) is 19.4. The van der Waals surface area contributed by atoms with Crippen LogP contribution in [-0.4, -0.2) is 26.2 Å². The summed E-state index contributed by atoms with van der Waals surface area (Å²) in [5.74, 6) is 0.240. The van der Waals surface area contributed by atoms with Gasteiger partial charge in [0, 0.05) is 17.5 Å². The lowest BCUT2D eigenvalue weighted by Gasteiger charge is -2.23. The highest BCUT2D eigenvalue weighted by molar-refractivity contribution is 6.05. The molecule has 0 saturated heterocycles. The number of carbonyl (C=O) groups excluding carboxylic acids is 2. The fourth-order valence-electron chi connectivity index (χ4n) is 2.76. The Balaban J connectivity index is 2.13. The minimum atomic E-state index is -0.647. The first kappa shape index (κ1) is 18.3. The van der Waals surface area contributed by atoms with Crippen molar-refractivity contribution in [3.05, 3.63) is 77.9 Å². The lowest BCUT2D eigenvalue weighted by atomic mass is 10.1. The molecule has 0 radical (unpaired) electrons. The molecule has 6 heteroatoms. The minimum Gasteiger partial charge on any atom is -0.465 e. The zero-order valence-electron chi connectivity index (χ0n) is 15.3. The number of carbonyl (C=O) groups is 2. The molecule has 6 nitrogen and oxygen atoms in total. The van der Waals surface area contributed by atoms with Gasteiger partial charge < -0.3 is 18.8 Å². The molecule has 0 fully saturated rings. The van der Waals surface area contributed by atoms with Gasteiger partial charge in [0.05, 0.1) is 19.8 Å². The van der Waals surface area contributed by atoms with Crippen molar-refractivity contribution < 1.29 is 23.5 Å². The number of nitrogens with zero attached hydrogens (tertiary/aromatic N) is 1. The maximum absolute atomic E-state index is 12.5. The predicted molar refractivity (Wildman–Crippen MR) is 101 cm³/mol. The Morgan fingerprint density at radius 2 is 1.78 bits per heavy atom. The van der Waals surface area contributed by atoms with Gasteiger partial charge >= 0.3 is 11.9 Å². The Morgan fingerprint density at radius 1 is 1.00 bits per heavy atom. The van der Waals surface area contributed by atoms with Crippen LogP contribution in [0.5, 0.6) is 0 Å². The molecule has 0 saturated carbocycles. The summed E-state index contributed by atoms with van der Waals surface area (Å²) in [6, 6.07) is 11.2. The lowest BCUT2D eigenvalue weighted by Crippen LogP contribution is -2.26. The minimum absolute atomic E-state index is 0.0714. The summed E-state index contributed by atoms with van der Waals surface area (Å²) in [5.41, 5.74) is 1.69. The number of hydrogen-bond donors (Lipinski definition) is 0. The molecule has 0 unspecified atom stereocenters. The molecule has 2 heterocycles. The standard InChI is InChI=1S/C21H19NO5/c1-14-10-11-18(27-14)15-7-6-8-16(13-15)22-12-5-4-9-17(20(23)25-2)19(22)21(24)26-3/h4-13H,1-3H3. The molecule has 0 aliphatic carbocycles. The van der Waals surface area contributed by atoms with E-state index in [2.05, 4.69) is 0 Å². The lowest BCUT2D eigenvalue weighted by molar-refractivity contribution is -0.139. The fourth-order valence-corrected chi connectivity index (χ4v) is 2.76. The van der Waals surface area contributed by atoms with Gasteiger partial charge in [0.2, 0.25) is 0 Å². The second-order valence-corrected chi connectivity index (χ2v) is 5.78. The van der Waals surface area contributed by atoms with Crippen LogP contribution >= 0.6 is 0 Å². The van der Waals surface area contributed by atoms with Crippen LogP contribution in [0.4, 0.5) is 5.69 Å². The number of ether oxygens (including phenoxy) is 2. The maximum atomic E-state index is 12.5. The third kappa shape index (κ3) is 3.69. The van der Waals surface area contributed by atoms with E-state index in [0.717, 1.165) is 11.3 Å². The van der Waals surface area contributed by atoms with Gasteiger partial charge in [-0.05, 0) is 43.3 Å². The van der Waals surface area contributed by atoms with Crippen molar-refractivity contribution in [2.45, 2.75) is 6.92 Å². The fraction of sp³-hybridized carbons (Fsp3) is 0.143. The molecular weight excluding hydrogens is 346 g/mol. The zero-order valence-corrected chi connectivity index (χ0v) is 15.3. The summed E-state index contributed by atoms with van der Waals surface area (Å²) >= 11 is 0. The normalized spacial score (nSPS) is 13.5. The summed E-state index contributed by atoms with van der Waals surface area (Å²) in [6.07, 6.45) is 6.59. The van der Waals surface area contributed by atoms with Gasteiger partial charge in [-0.15, -0.1) is 0 Å². The molecule has 0 N–H and O–H groups in total. The van der Waals surface area contributed by atoms with Gasteiger partial charge in [-0.3, -0.25) is 0 Å². The van der Waals surface area contributed by atoms with E-state index in [9.17, 15) is 9.59 Å². The Morgan fingerprint density at radius 3 is 2.44 bits per heavy atom. The summed E-state index contributed by atoms with van der Waals surface area (Å²) in [6.45, 7) is 1.87. The maximum Gasteiger partial charge on any atom is 0.355 e. The van der Waals surface area contributed by atoms with E-state index in [-0.39, 0.29) is 11.3 Å². The Bertz CT molecular complexity index is 964. The van der Waals surface area contributed by atoms with E-state index in [1.807, 2.05) is 43.3 Å². The van der Waals surface area contributed by atoms with Crippen molar-refractivity contribution in [3.8, 4) is 11.3 Å². The van der Waals surface area contributed by atoms with E-state index in [4.69, 9.17) is 13.9 Å². The van der Waals surface area contributed by atoms with E-state index in [1.54, 1.807) is 23.3 Å². The second kappa shape index (κ2) is 7.78. The van der Waals surface area contributed by atoms with Gasteiger partial charge in [0.15, 0.2) is 0 Å². The van der Waals surface area contributed by atoms with Crippen LogP contribution in [0.3, 0.4) is 0 Å². The highest BCUT2D eigenvalue weighted by Crippen LogP contribution is 2.30. The average molecular weight is 365 g/mol. The number of aryl methyl sites for hydroxylation is 1. The first-order valence-corrected chi connectivity index (χ1v) is 8.27. The first-order valence-electron chi connectivity index (χ1n) is 8.27. The summed E-state index contributed by atoms with van der Waals surface area (Å²) in [5, 5.41) is 0. The summed E-state index contributed by atoms with van der Waals surface area (Å²) in [7, 11) is 2.53. The van der Waals surface area contributed by atoms with Crippen LogP contribution in [0, 0.1) is 6.92 Å². The van der Waals surface area contributed by atoms with Crippen molar-refractivity contribution in [2.24, 2.45) is 0 Å². The van der Waals surface area contributed by atoms with E-state index in [0.29, 0.717) is 11.4 Å². The number of esters is 2. The smallest absolute Gasteiger partial charge is 0.355 e. The van der Waals surface area contributed by atoms with Crippen LogP contribution < -0.4 is 4.90 Å². The van der Waals surface area contributed by atoms with Crippen molar-refractivity contribution >= 4 is 17.6 Å². The Hall–Kier alpha value is -3.54. The number of methoxy groups -OCH3 is 2. The molecule has 0 spiro atoms. The molecule has 3 rings (SSSR count). The topological polar surface area (TPSA) is 69.0 Å². The molecule has 1 aromatic heterocycles. The molecule has 1 aliphatic rings. The van der Waals surface area contributed by atoms with Crippen LogP contribution in [0.1, 0.15) is 5.76 Å². The quantitative estimate of drug-likeness (QED) is 0.769. The van der Waals surface area contributed by atoms with Crippen molar-refractivity contribution in [2.75, 3.05) is 19.1 Å². The Labute approximate surface area is 157 Å². The van der Waals surface area contributed by atoms with Crippen LogP contribution in [-0.2, 0) is 19.1 Å². The van der Waals surface area contributed by atoms with Gasteiger partial charge in [-0.1, -0.05) is 18.2 Å². The molecular formula is C21H19NO5. The molecule has 1 aromatic carbocycles. The van der Waals surface area contributed by atoms with E-state index < -0.39 is 11.9 Å². The third-order valence-corrected chi connectivity index (χ3v) is 4.04. The Kier molecular flexibility index (Phi) is 5.26. The van der Waals surface area contributed by atoms with Crippen molar-refractivity contribution in [1.29, 1.82) is 0 Å². The molecule has 2 aromatic rings. The summed E-state index contributed by atoms with van der Waals surface area (Å²) in [4.78, 5) is 26.3. The van der Waals surface area contributed by atoms with Crippen LogP contribution in [0.25, 0.3) is 11.3 Å². The van der Waals surface area contributed by atoms with E-state index >= 15 is 0 Å². The number of rotatable bonds is 4. The first-order chi connectivity index (χ1) is 13.0. The van der Waals surface area contributed by atoms with Crippen LogP contribution in [0.2, 0.25) is 0 Å². The number of allylic oxidation sites excluding steroid dienone is 2. The number of anilines is 1. The highest BCUT2D eigenvalue weighted by Gasteiger charge is 2.27. The SMILES string of the molecule is COC(=O)C1=C(C(=O)OC)N(c2cccc(-c3ccc(C)o3)c2)C=CC=C1. The molecule has 0 atom stereocenters. The number of hydrogen-bond acceptors (Lipinski definition) is 6. The van der Waals surface area contributed by atoms with Gasteiger partial charge in [0.1, 0.15) is 17.2 Å². The van der Waals surface area contributed by atoms with Gasteiger partial charge in [0.25, 0.3) is 0 Å². The molecule has 1 aliphatic heterocycles. The van der Waals surface area contributed by atoms with Crippen molar-refractivity contribution in [3.63, 3.8) is 0 Å². The largest absolute Gasteiger partial charge is 0.465 e. The van der Waals surface area contributed by atoms with Gasteiger partial charge in [-0.25, -0.2) is 9.59 Å². The average Bonchev–Trinajstić information content (AvgIpc) is 3.01. The third-order valence-electron chi connectivity index (χ3n) is 4.04. The molecule has 0 bridgehead atoms. The van der Waals surface area contributed by atoms with Crippen LogP contribution in [0.15, 0.2) is 76.5 Å². The number of furan rings is 1. The molecule has 27 heavy (non-hydrogen) atoms. The molecule has 138 valence electrons. The number of benzene rings is 1. The van der Waals surface area contributed by atoms with E-state index in [1.165, 1.54) is 20.3 Å². The highest BCUT2D eigenvalue weighted by atomic mass is 16.5. The molecule has 0 amide bonds. The predicted octanol–water partition coefficient (Wildman–Crippen LogP) is 3.75. The second-order valence-electron chi connectivity index (χ2n) is 5.78. The van der Waals surface area contributed by atoms with Gasteiger partial charge in [-0.2, -0.15) is 0 Å². The monoisotopic (exact) mass is 365 g/mol. The van der Waals surface area contributed by atoms with Crippen molar-refractivity contribution in [1.82, 2.24) is 0 Å². The summed E-state index contributed by atoms with van der Waals surface area (Å²) < 4.78 is 15.4.